The molecule has 0 bridgehead atoms. The minimum absolute atomic E-state index is 0.356. The van der Waals surface area contributed by atoms with Gasteiger partial charge in [0.2, 0.25) is 0 Å². The van der Waals surface area contributed by atoms with Crippen LogP contribution in [0, 0.1) is 34.6 Å². The number of carboxylic acid groups (broad SMARTS) is 1. The van der Waals surface area contributed by atoms with Crippen LogP contribution in [-0.2, 0) is 0 Å². The molecule has 1 N–H and O–H groups in total. The van der Waals surface area contributed by atoms with Gasteiger partial charge in [-0.2, -0.15) is 0 Å². The van der Waals surface area contributed by atoms with Gasteiger partial charge in [0.15, 0.2) is 4.96 Å². The van der Waals surface area contributed by atoms with Crippen LogP contribution < -0.4 is 0 Å². The van der Waals surface area contributed by atoms with Gasteiger partial charge in [-0.3, -0.25) is 4.40 Å². The smallest absolute Gasteiger partial charge is 0.347 e. The molecule has 3 rings (SSSR count). The summed E-state index contributed by atoms with van der Waals surface area (Å²) in [4.78, 5) is 17.0. The van der Waals surface area contributed by atoms with Gasteiger partial charge < -0.3 is 5.11 Å². The lowest BCUT2D eigenvalue weighted by molar-refractivity contribution is 0.0701. The Kier molecular flexibility index (Phi) is 3.33. The fraction of sp³-hybridized carbons (Fsp3) is 0.294. The highest BCUT2D eigenvalue weighted by Crippen LogP contribution is 2.33. The molecular weight excluding hydrogens is 296 g/mol. The molecule has 0 aliphatic heterocycles. The Morgan fingerprint density at radius 2 is 1.68 bits per heavy atom. The van der Waals surface area contributed by atoms with Gasteiger partial charge in [0.25, 0.3) is 0 Å². The predicted octanol–water partition coefficient (Wildman–Crippen LogP) is 4.30. The number of aryl methyl sites for hydroxylation is 5. The molecule has 0 atom stereocenters. The van der Waals surface area contributed by atoms with E-state index in [0.717, 1.165) is 27.6 Å². The largest absolute Gasteiger partial charge is 0.477 e. The van der Waals surface area contributed by atoms with Crippen molar-refractivity contribution in [3.8, 4) is 11.3 Å². The second-order valence-electron chi connectivity index (χ2n) is 5.74. The topological polar surface area (TPSA) is 54.6 Å². The van der Waals surface area contributed by atoms with Crippen molar-refractivity contribution in [1.29, 1.82) is 0 Å². The number of nitrogens with zero attached hydrogens (tertiary/aromatic N) is 2. The number of fused-ring (bicyclic) bond motifs is 1. The van der Waals surface area contributed by atoms with Crippen LogP contribution in [0.5, 0.6) is 0 Å². The zero-order valence-corrected chi connectivity index (χ0v) is 14.1. The van der Waals surface area contributed by atoms with Crippen molar-refractivity contribution < 1.29 is 9.90 Å². The van der Waals surface area contributed by atoms with Crippen molar-refractivity contribution in [3.63, 3.8) is 0 Å². The first kappa shape index (κ1) is 14.8. The molecule has 0 aliphatic rings. The van der Waals surface area contributed by atoms with Gasteiger partial charge in [0, 0.05) is 17.0 Å². The standard InChI is InChI=1S/C17H18N2O2S/c1-8-6-10(3)13(7-9(8)2)14-11(4)19-12(5)15(16(20)21)22-17(19)18-14/h6-7H,1-5H3,(H,20,21). The van der Waals surface area contributed by atoms with Crippen molar-refractivity contribution in [1.82, 2.24) is 9.38 Å². The van der Waals surface area contributed by atoms with Gasteiger partial charge in [-0.25, -0.2) is 9.78 Å². The first-order valence-electron chi connectivity index (χ1n) is 7.11. The maximum absolute atomic E-state index is 11.3. The first-order chi connectivity index (χ1) is 10.3. The normalized spacial score (nSPS) is 11.3. The quantitative estimate of drug-likeness (QED) is 0.767. The molecule has 0 aliphatic carbocycles. The van der Waals surface area contributed by atoms with Crippen molar-refractivity contribution >= 4 is 22.3 Å². The highest BCUT2D eigenvalue weighted by atomic mass is 32.1. The van der Waals surface area contributed by atoms with Gasteiger partial charge in [0.1, 0.15) is 4.88 Å². The van der Waals surface area contributed by atoms with E-state index >= 15 is 0 Å². The third-order valence-electron chi connectivity index (χ3n) is 4.22. The Bertz CT molecular complexity index is 919. The van der Waals surface area contributed by atoms with Crippen LogP contribution in [0.2, 0.25) is 0 Å². The lowest BCUT2D eigenvalue weighted by Gasteiger charge is -2.09. The average molecular weight is 314 g/mol. The molecule has 2 aromatic heterocycles. The zero-order chi connectivity index (χ0) is 16.2. The third kappa shape index (κ3) is 2.04. The summed E-state index contributed by atoms with van der Waals surface area (Å²) in [5.74, 6) is -0.892. The summed E-state index contributed by atoms with van der Waals surface area (Å²) in [5.41, 5.74) is 7.48. The number of carbonyl (C=O) groups is 1. The summed E-state index contributed by atoms with van der Waals surface area (Å²) in [6.45, 7) is 10.1. The van der Waals surface area contributed by atoms with Crippen molar-refractivity contribution in [2.24, 2.45) is 0 Å². The van der Waals surface area contributed by atoms with Crippen LogP contribution in [-0.4, -0.2) is 20.5 Å². The fourth-order valence-corrected chi connectivity index (χ4v) is 3.89. The van der Waals surface area contributed by atoms with E-state index in [0.29, 0.717) is 4.88 Å². The Balaban J connectivity index is 2.28. The summed E-state index contributed by atoms with van der Waals surface area (Å²) >= 11 is 1.23. The monoisotopic (exact) mass is 314 g/mol. The SMILES string of the molecule is Cc1cc(C)c(-c2nc3sc(C(=O)O)c(C)n3c2C)cc1C. The second-order valence-corrected chi connectivity index (χ2v) is 6.71. The lowest BCUT2D eigenvalue weighted by Crippen LogP contribution is -1.98. The van der Waals surface area contributed by atoms with Crippen LogP contribution >= 0.6 is 11.3 Å². The molecule has 0 saturated heterocycles. The van der Waals surface area contributed by atoms with Gasteiger partial charge in [-0.1, -0.05) is 17.4 Å². The number of carboxylic acids is 1. The number of aromatic nitrogens is 2. The lowest BCUT2D eigenvalue weighted by atomic mass is 9.98. The molecule has 0 saturated carbocycles. The van der Waals surface area contributed by atoms with Crippen LogP contribution in [0.25, 0.3) is 16.2 Å². The van der Waals surface area contributed by atoms with E-state index in [2.05, 4.69) is 32.9 Å². The van der Waals surface area contributed by atoms with Gasteiger partial charge >= 0.3 is 5.97 Å². The van der Waals surface area contributed by atoms with Crippen LogP contribution in [0.3, 0.4) is 0 Å². The number of hydrogen-bond donors (Lipinski definition) is 1. The molecule has 3 aromatic rings. The molecule has 1 aromatic carbocycles. The number of thiazole rings is 1. The van der Waals surface area contributed by atoms with E-state index < -0.39 is 5.97 Å². The summed E-state index contributed by atoms with van der Waals surface area (Å²) in [7, 11) is 0. The van der Waals surface area contributed by atoms with Crippen LogP contribution in [0.4, 0.5) is 0 Å². The predicted molar refractivity (Wildman–Crippen MR) is 89.1 cm³/mol. The maximum Gasteiger partial charge on any atom is 0.347 e. The summed E-state index contributed by atoms with van der Waals surface area (Å²) < 4.78 is 1.94. The maximum atomic E-state index is 11.3. The minimum atomic E-state index is -0.892. The molecule has 22 heavy (non-hydrogen) atoms. The first-order valence-corrected chi connectivity index (χ1v) is 7.93. The molecule has 0 spiro atoms. The Morgan fingerprint density at radius 3 is 2.27 bits per heavy atom. The van der Waals surface area contributed by atoms with Crippen LogP contribution in [0.15, 0.2) is 12.1 Å². The Hall–Kier alpha value is -2.14. The fourth-order valence-electron chi connectivity index (χ4n) is 2.88. The minimum Gasteiger partial charge on any atom is -0.477 e. The molecule has 4 nitrogen and oxygen atoms in total. The van der Waals surface area contributed by atoms with E-state index in [4.69, 9.17) is 4.98 Å². The summed E-state index contributed by atoms with van der Waals surface area (Å²) in [6, 6.07) is 4.34. The van der Waals surface area contributed by atoms with Gasteiger partial charge in [0.05, 0.1) is 5.69 Å². The number of aromatic carboxylic acids is 1. The Labute approximate surface area is 133 Å². The van der Waals surface area contributed by atoms with E-state index in [9.17, 15) is 9.90 Å². The van der Waals surface area contributed by atoms with Gasteiger partial charge in [-0.05, 0) is 57.4 Å². The van der Waals surface area contributed by atoms with Crippen molar-refractivity contribution in [2.75, 3.05) is 0 Å². The van der Waals surface area contributed by atoms with Crippen molar-refractivity contribution in [2.45, 2.75) is 34.6 Å². The molecule has 2 heterocycles. The second kappa shape index (κ2) is 4.95. The molecule has 5 heteroatoms. The highest BCUT2D eigenvalue weighted by molar-refractivity contribution is 7.19. The van der Waals surface area contributed by atoms with E-state index in [-0.39, 0.29) is 0 Å². The van der Waals surface area contributed by atoms with Crippen LogP contribution in [0.1, 0.15) is 37.7 Å². The number of rotatable bonds is 2. The summed E-state index contributed by atoms with van der Waals surface area (Å²) in [6.07, 6.45) is 0. The molecule has 0 unspecified atom stereocenters. The van der Waals surface area contributed by atoms with Gasteiger partial charge in [-0.15, -0.1) is 0 Å². The van der Waals surface area contributed by atoms with E-state index in [1.165, 1.54) is 28.0 Å². The number of imidazole rings is 1. The molecular formula is C17H18N2O2S. The van der Waals surface area contributed by atoms with E-state index in [1.807, 2.05) is 18.2 Å². The number of hydrogen-bond acceptors (Lipinski definition) is 3. The average Bonchev–Trinajstić information content (AvgIpc) is 2.93. The van der Waals surface area contributed by atoms with Crippen molar-refractivity contribution in [3.05, 3.63) is 45.1 Å². The Morgan fingerprint density at radius 1 is 1.05 bits per heavy atom. The molecule has 0 fully saturated rings. The third-order valence-corrected chi connectivity index (χ3v) is 5.35. The van der Waals surface area contributed by atoms with E-state index in [1.54, 1.807) is 0 Å². The number of benzene rings is 1. The molecule has 0 radical (unpaired) electrons. The zero-order valence-electron chi connectivity index (χ0n) is 13.3. The summed E-state index contributed by atoms with van der Waals surface area (Å²) in [5, 5.41) is 9.24. The molecule has 114 valence electrons. The molecule has 0 amide bonds. The highest BCUT2D eigenvalue weighted by Gasteiger charge is 2.21.